The maximum Gasteiger partial charge on any atom is 0.327 e. The van der Waals surface area contributed by atoms with Crippen molar-refractivity contribution in [3.8, 4) is 11.5 Å². The molecule has 0 saturated heterocycles. The van der Waals surface area contributed by atoms with E-state index < -0.39 is 11.9 Å². The zero-order valence-corrected chi connectivity index (χ0v) is 13.6. The third-order valence-corrected chi connectivity index (χ3v) is 3.64. The van der Waals surface area contributed by atoms with Gasteiger partial charge in [-0.05, 0) is 24.3 Å². The number of nitrogens with one attached hydrogen (secondary N) is 2. The SMILES string of the molecule is O=C(CSc1nnc(-c2ccncc2)o1)NC(=O)Nc1ccccn1. The number of rotatable bonds is 5. The Hall–Kier alpha value is -3.27. The van der Waals surface area contributed by atoms with E-state index in [0.717, 1.165) is 17.3 Å². The second-order valence-electron chi connectivity index (χ2n) is 4.61. The number of urea groups is 1. The molecule has 0 fully saturated rings. The van der Waals surface area contributed by atoms with Crippen LogP contribution in [-0.2, 0) is 4.79 Å². The summed E-state index contributed by atoms with van der Waals surface area (Å²) >= 11 is 1.03. The van der Waals surface area contributed by atoms with Gasteiger partial charge in [0.15, 0.2) is 0 Å². The van der Waals surface area contributed by atoms with E-state index in [9.17, 15) is 9.59 Å². The number of carbonyl (C=O) groups is 2. The molecule has 9 nitrogen and oxygen atoms in total. The monoisotopic (exact) mass is 356 g/mol. The predicted molar refractivity (Wildman–Crippen MR) is 89.7 cm³/mol. The maximum absolute atomic E-state index is 11.8. The number of hydrogen-bond acceptors (Lipinski definition) is 8. The molecule has 0 spiro atoms. The molecule has 25 heavy (non-hydrogen) atoms. The van der Waals surface area contributed by atoms with Crippen molar-refractivity contribution in [1.82, 2.24) is 25.5 Å². The largest absolute Gasteiger partial charge is 0.411 e. The second-order valence-corrected chi connectivity index (χ2v) is 5.54. The lowest BCUT2D eigenvalue weighted by molar-refractivity contribution is -0.117. The summed E-state index contributed by atoms with van der Waals surface area (Å²) in [5.41, 5.74) is 0.730. The number of aromatic nitrogens is 4. The van der Waals surface area contributed by atoms with Gasteiger partial charge in [0.05, 0.1) is 5.75 Å². The van der Waals surface area contributed by atoms with E-state index in [0.29, 0.717) is 11.7 Å². The van der Waals surface area contributed by atoms with E-state index in [1.54, 1.807) is 42.7 Å². The molecule has 0 aliphatic rings. The molecule has 0 aromatic carbocycles. The lowest BCUT2D eigenvalue weighted by atomic mass is 10.3. The minimum absolute atomic E-state index is 0.0480. The standard InChI is InChI=1S/C15H12N6O3S/c22-12(19-14(23)18-11-3-1-2-6-17-11)9-25-15-21-20-13(24-15)10-4-7-16-8-5-10/h1-8H,9H2,(H2,17,18,19,22,23). The van der Waals surface area contributed by atoms with E-state index in [4.69, 9.17) is 4.42 Å². The molecule has 0 aliphatic carbocycles. The van der Waals surface area contributed by atoms with E-state index in [1.165, 1.54) is 6.20 Å². The molecule has 2 N–H and O–H groups in total. The average Bonchev–Trinajstić information content (AvgIpc) is 3.10. The summed E-state index contributed by atoms with van der Waals surface area (Å²) in [5, 5.41) is 12.6. The van der Waals surface area contributed by atoms with Crippen molar-refractivity contribution in [2.24, 2.45) is 0 Å². The highest BCUT2D eigenvalue weighted by Gasteiger charge is 2.13. The molecule has 3 aromatic heterocycles. The minimum atomic E-state index is -0.660. The maximum atomic E-state index is 11.8. The van der Waals surface area contributed by atoms with Crippen LogP contribution in [0.3, 0.4) is 0 Å². The number of anilines is 1. The lowest BCUT2D eigenvalue weighted by Crippen LogP contribution is -2.35. The van der Waals surface area contributed by atoms with Gasteiger partial charge in [-0.15, -0.1) is 10.2 Å². The Kier molecular flexibility index (Phi) is 5.32. The molecule has 0 atom stereocenters. The number of carbonyl (C=O) groups excluding carboxylic acids is 2. The Bertz CT molecular complexity index is 856. The van der Waals surface area contributed by atoms with Crippen molar-refractivity contribution < 1.29 is 14.0 Å². The first-order valence-electron chi connectivity index (χ1n) is 7.09. The molecule has 3 heterocycles. The van der Waals surface area contributed by atoms with Gasteiger partial charge in [-0.3, -0.25) is 20.4 Å². The van der Waals surface area contributed by atoms with E-state index in [-0.39, 0.29) is 11.0 Å². The predicted octanol–water partition coefficient (Wildman–Crippen LogP) is 1.97. The van der Waals surface area contributed by atoms with Gasteiger partial charge in [0, 0.05) is 24.2 Å². The van der Waals surface area contributed by atoms with Crippen LogP contribution in [0, 0.1) is 0 Å². The minimum Gasteiger partial charge on any atom is -0.411 e. The fraction of sp³-hybridized carbons (Fsp3) is 0.0667. The summed E-state index contributed by atoms with van der Waals surface area (Å²) in [7, 11) is 0. The first-order chi connectivity index (χ1) is 12.2. The Morgan fingerprint density at radius 1 is 1.08 bits per heavy atom. The summed E-state index contributed by atoms with van der Waals surface area (Å²) in [6, 6.07) is 7.85. The summed E-state index contributed by atoms with van der Waals surface area (Å²) in [4.78, 5) is 31.3. The van der Waals surface area contributed by atoms with Gasteiger partial charge in [-0.2, -0.15) is 0 Å². The fourth-order valence-corrected chi connectivity index (χ4v) is 2.32. The summed E-state index contributed by atoms with van der Waals surface area (Å²) < 4.78 is 5.44. The molecule has 0 aliphatic heterocycles. The zero-order valence-electron chi connectivity index (χ0n) is 12.7. The highest BCUT2D eigenvalue weighted by molar-refractivity contribution is 7.99. The van der Waals surface area contributed by atoms with Gasteiger partial charge in [0.2, 0.25) is 11.8 Å². The Morgan fingerprint density at radius 3 is 2.68 bits per heavy atom. The number of nitrogens with zero attached hydrogens (tertiary/aromatic N) is 4. The summed E-state index contributed by atoms with van der Waals surface area (Å²) in [6.45, 7) is 0. The second kappa shape index (κ2) is 8.02. The average molecular weight is 356 g/mol. The van der Waals surface area contributed by atoms with Crippen LogP contribution in [0.25, 0.3) is 11.5 Å². The molecule has 3 amide bonds. The quantitative estimate of drug-likeness (QED) is 0.665. The molecule has 3 aromatic rings. The van der Waals surface area contributed by atoms with Crippen LogP contribution in [0.2, 0.25) is 0 Å². The zero-order chi connectivity index (χ0) is 17.5. The topological polar surface area (TPSA) is 123 Å². The molecule has 0 unspecified atom stereocenters. The third-order valence-electron chi connectivity index (χ3n) is 2.82. The normalized spacial score (nSPS) is 10.2. The first kappa shape index (κ1) is 16.6. The van der Waals surface area contributed by atoms with Gasteiger partial charge in [0.1, 0.15) is 5.82 Å². The molecule has 0 bridgehead atoms. The van der Waals surface area contributed by atoms with Crippen LogP contribution in [0.1, 0.15) is 0 Å². The van der Waals surface area contributed by atoms with Gasteiger partial charge in [0.25, 0.3) is 5.22 Å². The fourth-order valence-electron chi connectivity index (χ4n) is 1.75. The summed E-state index contributed by atoms with van der Waals surface area (Å²) in [6.07, 6.45) is 4.75. The smallest absolute Gasteiger partial charge is 0.327 e. The van der Waals surface area contributed by atoms with E-state index >= 15 is 0 Å². The highest BCUT2D eigenvalue weighted by Crippen LogP contribution is 2.22. The van der Waals surface area contributed by atoms with Crippen LogP contribution in [-0.4, -0.2) is 37.9 Å². The highest BCUT2D eigenvalue weighted by atomic mass is 32.2. The van der Waals surface area contributed by atoms with E-state index in [1.807, 2.05) is 0 Å². The Labute approximate surface area is 146 Å². The van der Waals surface area contributed by atoms with Gasteiger partial charge >= 0.3 is 6.03 Å². The van der Waals surface area contributed by atoms with Gasteiger partial charge < -0.3 is 4.42 Å². The molecule has 126 valence electrons. The molecular weight excluding hydrogens is 344 g/mol. The van der Waals surface area contributed by atoms with Crippen molar-refractivity contribution in [1.29, 1.82) is 0 Å². The Morgan fingerprint density at radius 2 is 1.92 bits per heavy atom. The van der Waals surface area contributed by atoms with Crippen LogP contribution in [0.4, 0.5) is 10.6 Å². The Balaban J connectivity index is 1.48. The van der Waals surface area contributed by atoms with Crippen LogP contribution < -0.4 is 10.6 Å². The number of hydrogen-bond donors (Lipinski definition) is 2. The van der Waals surface area contributed by atoms with Crippen LogP contribution >= 0.6 is 11.8 Å². The first-order valence-corrected chi connectivity index (χ1v) is 8.08. The van der Waals surface area contributed by atoms with Gasteiger partial charge in [-0.1, -0.05) is 17.8 Å². The number of pyridine rings is 2. The van der Waals surface area contributed by atoms with Crippen molar-refractivity contribution >= 4 is 29.5 Å². The van der Waals surface area contributed by atoms with E-state index in [2.05, 4.69) is 30.8 Å². The van der Waals surface area contributed by atoms with Gasteiger partial charge in [-0.25, -0.2) is 9.78 Å². The van der Waals surface area contributed by atoms with Crippen molar-refractivity contribution in [2.75, 3.05) is 11.1 Å². The molecule has 0 radical (unpaired) electrons. The molecular formula is C15H12N6O3S. The number of amides is 3. The van der Waals surface area contributed by atoms with Crippen LogP contribution in [0.15, 0.2) is 58.6 Å². The van der Waals surface area contributed by atoms with Crippen LogP contribution in [0.5, 0.6) is 0 Å². The van der Waals surface area contributed by atoms with Crippen molar-refractivity contribution in [3.05, 3.63) is 48.9 Å². The molecule has 3 rings (SSSR count). The number of imide groups is 1. The van der Waals surface area contributed by atoms with Crippen molar-refractivity contribution in [3.63, 3.8) is 0 Å². The lowest BCUT2D eigenvalue weighted by Gasteiger charge is -2.04. The van der Waals surface area contributed by atoms with Crippen molar-refractivity contribution in [2.45, 2.75) is 5.22 Å². The molecule has 0 saturated carbocycles. The third kappa shape index (κ3) is 4.85. The molecule has 10 heteroatoms. The number of thioether (sulfide) groups is 1. The summed E-state index contributed by atoms with van der Waals surface area (Å²) in [5.74, 6) is 0.132.